The van der Waals surface area contributed by atoms with Crippen molar-refractivity contribution in [2.45, 2.75) is 6.92 Å². The topological polar surface area (TPSA) is 134 Å². The van der Waals surface area contributed by atoms with Gasteiger partial charge < -0.3 is 9.84 Å². The molecular formula is C23H17N4O6S2-. The number of thioether (sulfide) groups is 1. The molecule has 0 saturated carbocycles. The van der Waals surface area contributed by atoms with E-state index in [1.165, 1.54) is 35.1 Å². The zero-order chi connectivity index (χ0) is 25.1. The monoisotopic (exact) mass is 509 g/mol. The number of aromatic amines is 1. The second-order valence-electron chi connectivity index (χ2n) is 7.13. The zero-order valence-electron chi connectivity index (χ0n) is 18.2. The molecule has 1 aliphatic heterocycles. The van der Waals surface area contributed by atoms with Crippen molar-refractivity contribution in [1.29, 1.82) is 0 Å². The second-order valence-corrected chi connectivity index (χ2v) is 8.80. The maximum absolute atomic E-state index is 13.2. The standard InChI is InChI=1S/C23H18N4O6S2/c1-2-33-22(30)19-17(20(28)26(24-19)15-6-4-3-5-7-15)13-25-21(29)18(35-23(25)34)12-14-8-10-16(11-9-14)27(31)32/h3-13,24,30H,2H2,1H3/p-1/b17-13?,18-12?,22-19-. The van der Waals surface area contributed by atoms with Crippen molar-refractivity contribution in [3.63, 3.8) is 0 Å². The van der Waals surface area contributed by atoms with E-state index >= 15 is 0 Å². The summed E-state index contributed by atoms with van der Waals surface area (Å²) >= 11 is 6.35. The van der Waals surface area contributed by atoms with Crippen LogP contribution in [0.25, 0.3) is 23.9 Å². The molecular weight excluding hydrogens is 492 g/mol. The van der Waals surface area contributed by atoms with Crippen molar-refractivity contribution in [3.8, 4) is 5.69 Å². The predicted octanol–water partition coefficient (Wildman–Crippen LogP) is 1.18. The summed E-state index contributed by atoms with van der Waals surface area (Å²) in [5.74, 6) is -1.25. The minimum absolute atomic E-state index is 0.0725. The minimum atomic E-state index is -0.752. The number of carbonyl (C=O) groups excluding carboxylic acids is 1. The van der Waals surface area contributed by atoms with Gasteiger partial charge in [0, 0.05) is 18.3 Å². The number of benzene rings is 2. The van der Waals surface area contributed by atoms with E-state index in [0.29, 0.717) is 11.3 Å². The maximum Gasteiger partial charge on any atom is 0.280 e. The van der Waals surface area contributed by atoms with Crippen molar-refractivity contribution in [1.82, 2.24) is 14.7 Å². The SMILES string of the molecule is CCO/C([O-])=c1\[nH]n(-c2ccccc2)c(=O)c1=CN1C(=O)C(=Cc2ccc([N+](=O)[O-])cc2)SC1=S. The number of nitrogens with zero attached hydrogens (tertiary/aromatic N) is 3. The van der Waals surface area contributed by atoms with Crippen LogP contribution in [0.15, 0.2) is 64.3 Å². The number of hydrogen-bond acceptors (Lipinski definition) is 8. The van der Waals surface area contributed by atoms with Gasteiger partial charge in [-0.1, -0.05) is 49.1 Å². The molecule has 1 N–H and O–H groups in total. The van der Waals surface area contributed by atoms with Crippen LogP contribution >= 0.6 is 24.0 Å². The molecule has 0 unspecified atom stereocenters. The number of carbonyl (C=O) groups is 1. The van der Waals surface area contributed by atoms with E-state index in [4.69, 9.17) is 17.0 Å². The Hall–Kier alpha value is -4.16. The lowest BCUT2D eigenvalue weighted by molar-refractivity contribution is -0.384. The fraction of sp³-hybridized carbons (Fsp3) is 0.0870. The molecule has 1 amide bonds. The van der Waals surface area contributed by atoms with E-state index in [-0.39, 0.29) is 32.1 Å². The number of para-hydroxylation sites is 1. The molecule has 0 atom stereocenters. The lowest BCUT2D eigenvalue weighted by Crippen LogP contribution is -2.41. The van der Waals surface area contributed by atoms with Gasteiger partial charge in [-0.15, -0.1) is 0 Å². The molecule has 1 saturated heterocycles. The summed E-state index contributed by atoms with van der Waals surface area (Å²) in [7, 11) is 0. The van der Waals surface area contributed by atoms with Crippen LogP contribution in [-0.2, 0) is 9.53 Å². The average Bonchev–Trinajstić information content (AvgIpc) is 3.31. The van der Waals surface area contributed by atoms with Crippen LogP contribution in [0.3, 0.4) is 0 Å². The first kappa shape index (κ1) is 24.0. The molecule has 12 heteroatoms. The van der Waals surface area contributed by atoms with Crippen molar-refractivity contribution in [3.05, 3.63) is 96.1 Å². The first-order valence-corrected chi connectivity index (χ1v) is 11.5. The first-order chi connectivity index (χ1) is 16.8. The highest BCUT2D eigenvalue weighted by molar-refractivity contribution is 8.26. The van der Waals surface area contributed by atoms with Gasteiger partial charge in [-0.2, -0.15) is 0 Å². The molecule has 2 heterocycles. The van der Waals surface area contributed by atoms with E-state index in [1.54, 1.807) is 43.3 Å². The van der Waals surface area contributed by atoms with Gasteiger partial charge in [0.1, 0.15) is 0 Å². The quantitative estimate of drug-likeness (QED) is 0.227. The molecule has 0 radical (unpaired) electrons. The van der Waals surface area contributed by atoms with Crippen molar-refractivity contribution in [2.24, 2.45) is 0 Å². The fourth-order valence-electron chi connectivity index (χ4n) is 3.25. The number of amides is 1. The number of rotatable bonds is 6. The third-order valence-electron chi connectivity index (χ3n) is 4.90. The van der Waals surface area contributed by atoms with Gasteiger partial charge in [0.05, 0.1) is 32.0 Å². The van der Waals surface area contributed by atoms with Crippen LogP contribution in [0.1, 0.15) is 12.5 Å². The Morgan fingerprint density at radius 2 is 1.86 bits per heavy atom. The number of nitro groups is 1. The minimum Gasteiger partial charge on any atom is -0.612 e. The Bertz CT molecular complexity index is 1520. The summed E-state index contributed by atoms with van der Waals surface area (Å²) in [5.41, 5.74) is 0.423. The largest absolute Gasteiger partial charge is 0.612 e. The summed E-state index contributed by atoms with van der Waals surface area (Å²) in [4.78, 5) is 38.0. The lowest BCUT2D eigenvalue weighted by Gasteiger charge is -2.11. The molecule has 0 spiro atoms. The Kier molecular flexibility index (Phi) is 6.85. The van der Waals surface area contributed by atoms with E-state index < -0.39 is 22.3 Å². The van der Waals surface area contributed by atoms with E-state index in [0.717, 1.165) is 16.7 Å². The third kappa shape index (κ3) is 4.88. The van der Waals surface area contributed by atoms with Gasteiger partial charge >= 0.3 is 0 Å². The molecule has 2 aromatic carbocycles. The summed E-state index contributed by atoms with van der Waals surface area (Å²) in [6, 6.07) is 14.3. The Labute approximate surface area is 207 Å². The van der Waals surface area contributed by atoms with Crippen LogP contribution in [-0.4, -0.2) is 36.4 Å². The molecule has 35 heavy (non-hydrogen) atoms. The van der Waals surface area contributed by atoms with Crippen LogP contribution < -0.4 is 21.2 Å². The van der Waals surface area contributed by atoms with Crippen LogP contribution in [0.2, 0.25) is 0 Å². The number of hydrogen-bond donors (Lipinski definition) is 1. The van der Waals surface area contributed by atoms with Gasteiger partial charge in [0.15, 0.2) is 4.32 Å². The highest BCUT2D eigenvalue weighted by Crippen LogP contribution is 2.33. The van der Waals surface area contributed by atoms with Crippen molar-refractivity contribution < 1.29 is 19.6 Å². The molecule has 178 valence electrons. The van der Waals surface area contributed by atoms with E-state index in [9.17, 15) is 24.8 Å². The Morgan fingerprint density at radius 3 is 2.49 bits per heavy atom. The number of aromatic nitrogens is 2. The fourth-order valence-corrected chi connectivity index (χ4v) is 4.46. The lowest BCUT2D eigenvalue weighted by atomic mass is 10.2. The third-order valence-corrected chi connectivity index (χ3v) is 6.23. The van der Waals surface area contributed by atoms with Gasteiger partial charge in [0.2, 0.25) is 0 Å². The number of non-ortho nitro benzene ring substituents is 1. The molecule has 0 aliphatic carbocycles. The molecule has 3 aromatic rings. The van der Waals surface area contributed by atoms with E-state index in [1.807, 2.05) is 0 Å². The smallest absolute Gasteiger partial charge is 0.280 e. The summed E-state index contributed by atoms with van der Waals surface area (Å²) in [6.45, 7) is 1.73. The number of ether oxygens (including phenoxy) is 1. The molecule has 10 nitrogen and oxygen atoms in total. The average molecular weight is 510 g/mol. The van der Waals surface area contributed by atoms with Crippen molar-refractivity contribution >= 4 is 58.1 Å². The number of thiocarbonyl (C=S) groups is 1. The van der Waals surface area contributed by atoms with Crippen molar-refractivity contribution in [2.75, 3.05) is 6.61 Å². The number of nitrogens with one attached hydrogen (secondary N) is 1. The Morgan fingerprint density at radius 1 is 1.17 bits per heavy atom. The van der Waals surface area contributed by atoms with Crippen LogP contribution in [0.5, 0.6) is 0 Å². The van der Waals surface area contributed by atoms with Crippen LogP contribution in [0.4, 0.5) is 5.69 Å². The summed E-state index contributed by atoms with van der Waals surface area (Å²) in [5, 5.41) is 26.0. The first-order valence-electron chi connectivity index (χ1n) is 10.2. The zero-order valence-corrected chi connectivity index (χ0v) is 19.8. The number of nitro benzene ring substituents is 1. The van der Waals surface area contributed by atoms with Gasteiger partial charge in [-0.3, -0.25) is 29.7 Å². The molecule has 0 bridgehead atoms. The molecule has 1 fully saturated rings. The highest BCUT2D eigenvalue weighted by Gasteiger charge is 2.31. The normalized spacial score (nSPS) is 16.2. The van der Waals surface area contributed by atoms with Gasteiger partial charge in [-0.05, 0) is 42.5 Å². The summed E-state index contributed by atoms with van der Waals surface area (Å²) in [6.07, 6.45) is 2.77. The predicted molar refractivity (Wildman–Crippen MR) is 133 cm³/mol. The molecule has 1 aromatic heterocycles. The second kappa shape index (κ2) is 9.99. The summed E-state index contributed by atoms with van der Waals surface area (Å²) < 4.78 is 6.41. The highest BCUT2D eigenvalue weighted by atomic mass is 32.2. The van der Waals surface area contributed by atoms with Gasteiger partial charge in [0.25, 0.3) is 17.2 Å². The van der Waals surface area contributed by atoms with Gasteiger partial charge in [-0.25, -0.2) is 4.68 Å². The van der Waals surface area contributed by atoms with E-state index in [2.05, 4.69) is 5.10 Å². The maximum atomic E-state index is 13.2. The van der Waals surface area contributed by atoms with Crippen LogP contribution in [0, 0.1) is 10.1 Å². The Balaban J connectivity index is 1.79. The molecule has 4 rings (SSSR count). The molecule has 1 aliphatic rings. The number of H-pyrrole nitrogens is 1.